The molecule has 0 aliphatic carbocycles. The van der Waals surface area contributed by atoms with E-state index in [0.29, 0.717) is 6.54 Å². The van der Waals surface area contributed by atoms with E-state index in [4.69, 9.17) is 15.3 Å². The molecule has 0 saturated heterocycles. The van der Waals surface area contributed by atoms with Crippen LogP contribution < -0.4 is 5.32 Å². The van der Waals surface area contributed by atoms with Crippen LogP contribution in [0, 0.1) is 0 Å². The summed E-state index contributed by atoms with van der Waals surface area (Å²) in [6, 6.07) is 9.39. The molecule has 0 amide bonds. The third-order valence-electron chi connectivity index (χ3n) is 1.64. The minimum absolute atomic E-state index is 0.402. The fourth-order valence-electron chi connectivity index (χ4n) is 0.924. The van der Waals surface area contributed by atoms with Gasteiger partial charge in [-0.3, -0.25) is 5.32 Å². The molecule has 0 heterocycles. The van der Waals surface area contributed by atoms with E-state index in [1.807, 2.05) is 30.3 Å². The van der Waals surface area contributed by atoms with Crippen LogP contribution in [0.2, 0.25) is 0 Å². The van der Waals surface area contributed by atoms with Gasteiger partial charge in [0.05, 0.1) is 0 Å². The first-order chi connectivity index (χ1) is 6.20. The van der Waals surface area contributed by atoms with Crippen LogP contribution in [-0.2, 0) is 6.54 Å². The quantitative estimate of drug-likeness (QED) is 0.471. The summed E-state index contributed by atoms with van der Waals surface area (Å²) in [6.07, 6.45) is -3.05. The maximum absolute atomic E-state index is 8.98. The van der Waals surface area contributed by atoms with Crippen molar-refractivity contribution in [2.75, 3.05) is 0 Å². The second-order valence-corrected chi connectivity index (χ2v) is 2.72. The van der Waals surface area contributed by atoms with Crippen LogP contribution in [0.15, 0.2) is 30.3 Å². The summed E-state index contributed by atoms with van der Waals surface area (Å²) < 4.78 is 0. The molecule has 0 aliphatic rings. The average Bonchev–Trinajstić information content (AvgIpc) is 2.15. The van der Waals surface area contributed by atoms with E-state index in [0.717, 1.165) is 5.56 Å². The van der Waals surface area contributed by atoms with E-state index in [-0.39, 0.29) is 0 Å². The van der Waals surface area contributed by atoms with Crippen LogP contribution >= 0.6 is 0 Å². The maximum atomic E-state index is 8.98. The summed E-state index contributed by atoms with van der Waals surface area (Å²) in [4.78, 5) is 0. The highest BCUT2D eigenvalue weighted by Gasteiger charge is 2.10. The Hall–Kier alpha value is -0.940. The van der Waals surface area contributed by atoms with E-state index in [2.05, 4.69) is 5.32 Å². The molecule has 72 valence electrons. The van der Waals surface area contributed by atoms with Gasteiger partial charge in [0.25, 0.3) is 0 Å². The zero-order valence-electron chi connectivity index (χ0n) is 7.09. The maximum Gasteiger partial charge on any atom is 0.192 e. The van der Waals surface area contributed by atoms with Gasteiger partial charge < -0.3 is 15.3 Å². The number of nitrogens with one attached hydrogen (secondary N) is 1. The topological polar surface area (TPSA) is 72.7 Å². The van der Waals surface area contributed by atoms with Crippen LogP contribution in [0.3, 0.4) is 0 Å². The lowest BCUT2D eigenvalue weighted by Gasteiger charge is -2.13. The van der Waals surface area contributed by atoms with Crippen molar-refractivity contribution in [2.45, 2.75) is 19.1 Å². The largest absolute Gasteiger partial charge is 0.373 e. The fraction of sp³-hybridized carbons (Fsp3) is 0.333. The number of hydrogen-bond donors (Lipinski definition) is 4. The summed E-state index contributed by atoms with van der Waals surface area (Å²) >= 11 is 0. The SMILES string of the molecule is OC(O)C(O)NCc1ccccc1. The van der Waals surface area contributed by atoms with Gasteiger partial charge in [0.2, 0.25) is 0 Å². The van der Waals surface area contributed by atoms with Crippen LogP contribution in [0.1, 0.15) is 5.56 Å². The minimum atomic E-state index is -1.75. The Morgan fingerprint density at radius 2 is 1.69 bits per heavy atom. The molecule has 4 nitrogen and oxygen atoms in total. The monoisotopic (exact) mass is 183 g/mol. The van der Waals surface area contributed by atoms with Gasteiger partial charge in [-0.15, -0.1) is 0 Å². The molecule has 1 atom stereocenters. The molecule has 1 aromatic rings. The van der Waals surface area contributed by atoms with Gasteiger partial charge in [-0.2, -0.15) is 0 Å². The standard InChI is InChI=1S/C9H13NO3/c11-8(9(12)13)10-6-7-4-2-1-3-5-7/h1-5,8-13H,6H2. The molecule has 0 aliphatic heterocycles. The first-order valence-electron chi connectivity index (χ1n) is 4.01. The van der Waals surface area contributed by atoms with Gasteiger partial charge in [-0.1, -0.05) is 30.3 Å². The second kappa shape index (κ2) is 4.94. The van der Waals surface area contributed by atoms with Gasteiger partial charge >= 0.3 is 0 Å². The van der Waals surface area contributed by atoms with Crippen molar-refractivity contribution in [1.29, 1.82) is 0 Å². The molecule has 1 unspecified atom stereocenters. The van der Waals surface area contributed by atoms with E-state index < -0.39 is 12.5 Å². The van der Waals surface area contributed by atoms with Crippen LogP contribution in [0.4, 0.5) is 0 Å². The number of aliphatic hydroxyl groups is 3. The highest BCUT2D eigenvalue weighted by molar-refractivity contribution is 5.14. The molecule has 0 radical (unpaired) electrons. The molecule has 0 saturated carbocycles. The summed E-state index contributed by atoms with van der Waals surface area (Å²) in [5.41, 5.74) is 0.974. The summed E-state index contributed by atoms with van der Waals surface area (Å²) in [5.74, 6) is 0. The lowest BCUT2D eigenvalue weighted by atomic mass is 10.2. The summed E-state index contributed by atoms with van der Waals surface area (Å²) in [6.45, 7) is 0.402. The predicted octanol–water partition coefficient (Wildman–Crippen LogP) is -0.595. The van der Waals surface area contributed by atoms with Crippen molar-refractivity contribution in [3.63, 3.8) is 0 Å². The van der Waals surface area contributed by atoms with Crippen LogP contribution in [0.25, 0.3) is 0 Å². The van der Waals surface area contributed by atoms with Gasteiger partial charge in [0.1, 0.15) is 0 Å². The Kier molecular flexibility index (Phi) is 3.85. The number of rotatable bonds is 4. The zero-order chi connectivity index (χ0) is 9.68. The Morgan fingerprint density at radius 3 is 2.23 bits per heavy atom. The average molecular weight is 183 g/mol. The Morgan fingerprint density at radius 1 is 1.08 bits per heavy atom. The molecular formula is C9H13NO3. The molecular weight excluding hydrogens is 170 g/mol. The smallest absolute Gasteiger partial charge is 0.192 e. The van der Waals surface area contributed by atoms with Crippen LogP contribution in [-0.4, -0.2) is 27.8 Å². The van der Waals surface area contributed by atoms with E-state index in [1.165, 1.54) is 0 Å². The molecule has 0 fully saturated rings. The first-order valence-corrected chi connectivity index (χ1v) is 4.01. The molecule has 0 bridgehead atoms. The second-order valence-electron chi connectivity index (χ2n) is 2.72. The fourth-order valence-corrected chi connectivity index (χ4v) is 0.924. The Labute approximate surface area is 76.5 Å². The third kappa shape index (κ3) is 3.52. The third-order valence-corrected chi connectivity index (χ3v) is 1.64. The highest BCUT2D eigenvalue weighted by Crippen LogP contribution is 1.98. The van der Waals surface area contributed by atoms with Crippen molar-refractivity contribution in [3.8, 4) is 0 Å². The Balaban J connectivity index is 2.35. The van der Waals surface area contributed by atoms with Gasteiger partial charge in [-0.25, -0.2) is 0 Å². The van der Waals surface area contributed by atoms with E-state index >= 15 is 0 Å². The molecule has 4 heteroatoms. The molecule has 0 spiro atoms. The minimum Gasteiger partial charge on any atom is -0.373 e. The van der Waals surface area contributed by atoms with Gasteiger partial charge in [0, 0.05) is 6.54 Å². The molecule has 0 aromatic heterocycles. The number of hydrogen-bond acceptors (Lipinski definition) is 4. The highest BCUT2D eigenvalue weighted by atomic mass is 16.5. The lowest BCUT2D eigenvalue weighted by molar-refractivity contribution is -0.133. The van der Waals surface area contributed by atoms with Crippen molar-refractivity contribution < 1.29 is 15.3 Å². The molecule has 1 rings (SSSR count). The van der Waals surface area contributed by atoms with Crippen molar-refractivity contribution in [3.05, 3.63) is 35.9 Å². The number of aliphatic hydroxyl groups excluding tert-OH is 2. The van der Waals surface area contributed by atoms with Gasteiger partial charge in [-0.05, 0) is 5.56 Å². The lowest BCUT2D eigenvalue weighted by Crippen LogP contribution is -2.38. The normalized spacial score (nSPS) is 13.2. The molecule has 4 N–H and O–H groups in total. The van der Waals surface area contributed by atoms with E-state index in [9.17, 15) is 0 Å². The summed E-state index contributed by atoms with van der Waals surface area (Å²) in [5, 5.41) is 28.6. The van der Waals surface area contributed by atoms with Crippen molar-refractivity contribution in [2.24, 2.45) is 0 Å². The molecule has 13 heavy (non-hydrogen) atoms. The molecule has 1 aromatic carbocycles. The van der Waals surface area contributed by atoms with Gasteiger partial charge in [0.15, 0.2) is 12.5 Å². The predicted molar refractivity (Wildman–Crippen MR) is 47.5 cm³/mol. The Bertz CT molecular complexity index is 238. The van der Waals surface area contributed by atoms with Crippen molar-refractivity contribution >= 4 is 0 Å². The summed E-state index contributed by atoms with van der Waals surface area (Å²) in [7, 11) is 0. The first kappa shape index (κ1) is 10.1. The van der Waals surface area contributed by atoms with Crippen molar-refractivity contribution in [1.82, 2.24) is 5.32 Å². The zero-order valence-corrected chi connectivity index (χ0v) is 7.09. The van der Waals surface area contributed by atoms with Crippen LogP contribution in [0.5, 0.6) is 0 Å². The number of benzene rings is 1. The van der Waals surface area contributed by atoms with E-state index in [1.54, 1.807) is 0 Å².